The number of hydrogen-bond donors (Lipinski definition) is 1. The third-order valence-electron chi connectivity index (χ3n) is 6.95. The van der Waals surface area contributed by atoms with E-state index in [4.69, 9.17) is 10.1 Å². The summed E-state index contributed by atoms with van der Waals surface area (Å²) in [7, 11) is -3.54. The first-order chi connectivity index (χ1) is 17.6. The lowest BCUT2D eigenvalue weighted by Crippen LogP contribution is -2.39. The summed E-state index contributed by atoms with van der Waals surface area (Å²) in [5, 5.41) is 4.99. The van der Waals surface area contributed by atoms with Gasteiger partial charge in [0.25, 0.3) is 5.91 Å². The highest BCUT2D eigenvalue weighted by molar-refractivity contribution is 7.92. The number of nitrogens with zero attached hydrogens (tertiary/aromatic N) is 4. The van der Waals surface area contributed by atoms with E-state index in [-0.39, 0.29) is 17.6 Å². The Hall–Kier alpha value is -3.72. The van der Waals surface area contributed by atoms with Crippen LogP contribution in [0.4, 0.5) is 5.69 Å². The number of fused-ring (bicyclic) bond motifs is 1. The zero-order valence-corrected chi connectivity index (χ0v) is 22.3. The maximum absolute atomic E-state index is 13.9. The second kappa shape index (κ2) is 9.63. The van der Waals surface area contributed by atoms with Crippen LogP contribution in [0.15, 0.2) is 54.6 Å². The molecule has 1 fully saturated rings. The van der Waals surface area contributed by atoms with Crippen molar-refractivity contribution in [1.29, 1.82) is 0 Å². The van der Waals surface area contributed by atoms with Gasteiger partial charge in [-0.1, -0.05) is 42.0 Å². The summed E-state index contributed by atoms with van der Waals surface area (Å²) in [5.41, 5.74) is 7.07. The SMILES string of the molecule is Cc1ccc(NS(C)(=O)=O)c(C(=O)N2CCCC[C@H]2c2cc3nc(C)c(C)c(-c4ccccc4)n3n2)c1. The average Bonchev–Trinajstić information content (AvgIpc) is 3.28. The zero-order valence-electron chi connectivity index (χ0n) is 21.5. The molecular weight excluding hydrogens is 486 g/mol. The Kier molecular flexibility index (Phi) is 6.49. The third-order valence-corrected chi connectivity index (χ3v) is 7.55. The number of piperidine rings is 1. The van der Waals surface area contributed by atoms with Gasteiger partial charge in [0.1, 0.15) is 0 Å². The molecule has 0 bridgehead atoms. The molecule has 1 amide bonds. The molecule has 2 aromatic carbocycles. The normalized spacial score (nSPS) is 16.2. The molecule has 4 aromatic rings. The topological polar surface area (TPSA) is 96.7 Å². The van der Waals surface area contributed by atoms with E-state index in [0.29, 0.717) is 12.1 Å². The molecule has 5 rings (SSSR count). The van der Waals surface area contributed by atoms with Gasteiger partial charge >= 0.3 is 0 Å². The van der Waals surface area contributed by atoms with Crippen molar-refractivity contribution in [3.8, 4) is 11.3 Å². The van der Waals surface area contributed by atoms with Crippen LogP contribution in [-0.2, 0) is 10.0 Å². The van der Waals surface area contributed by atoms with Gasteiger partial charge in [0, 0.05) is 23.9 Å². The van der Waals surface area contributed by atoms with Crippen molar-refractivity contribution in [3.05, 3.63) is 82.7 Å². The minimum atomic E-state index is -3.54. The fourth-order valence-electron chi connectivity index (χ4n) is 5.08. The van der Waals surface area contributed by atoms with E-state index in [1.807, 2.05) is 47.5 Å². The molecule has 1 saturated heterocycles. The predicted molar refractivity (Wildman–Crippen MR) is 145 cm³/mol. The average molecular weight is 518 g/mol. The molecule has 0 unspecified atom stereocenters. The first-order valence-corrected chi connectivity index (χ1v) is 14.3. The predicted octanol–water partition coefficient (Wildman–Crippen LogP) is 5.06. The Morgan fingerprint density at radius 2 is 1.78 bits per heavy atom. The van der Waals surface area contributed by atoms with Crippen LogP contribution in [-0.4, -0.2) is 46.6 Å². The quantitative estimate of drug-likeness (QED) is 0.399. The van der Waals surface area contributed by atoms with Crippen LogP contribution >= 0.6 is 0 Å². The van der Waals surface area contributed by atoms with Gasteiger partial charge in [0.05, 0.1) is 34.9 Å². The summed E-state index contributed by atoms with van der Waals surface area (Å²) in [5.74, 6) is -0.208. The number of aryl methyl sites for hydroxylation is 2. The van der Waals surface area contributed by atoms with Crippen LogP contribution in [0.25, 0.3) is 16.9 Å². The molecule has 0 saturated carbocycles. The number of hydrogen-bond acceptors (Lipinski definition) is 5. The van der Waals surface area contributed by atoms with Crippen LogP contribution in [0.3, 0.4) is 0 Å². The highest BCUT2D eigenvalue weighted by Crippen LogP contribution is 2.35. The number of sulfonamides is 1. The molecule has 0 radical (unpaired) electrons. The molecule has 3 heterocycles. The van der Waals surface area contributed by atoms with Gasteiger partial charge in [-0.3, -0.25) is 9.52 Å². The fourth-order valence-corrected chi connectivity index (χ4v) is 5.65. The molecule has 1 aliphatic heterocycles. The summed E-state index contributed by atoms with van der Waals surface area (Å²) >= 11 is 0. The lowest BCUT2D eigenvalue weighted by atomic mass is 9.97. The molecule has 0 spiro atoms. The number of carbonyl (C=O) groups is 1. The third kappa shape index (κ3) is 4.96. The Balaban J connectivity index is 1.59. The number of likely N-dealkylation sites (tertiary alicyclic amines) is 1. The molecule has 0 aliphatic carbocycles. The van der Waals surface area contributed by atoms with Crippen LogP contribution < -0.4 is 4.72 Å². The highest BCUT2D eigenvalue weighted by Gasteiger charge is 2.32. The maximum Gasteiger partial charge on any atom is 0.256 e. The summed E-state index contributed by atoms with van der Waals surface area (Å²) in [6.07, 6.45) is 3.71. The molecule has 192 valence electrons. The highest BCUT2D eigenvalue weighted by atomic mass is 32.2. The summed E-state index contributed by atoms with van der Waals surface area (Å²) in [4.78, 5) is 20.5. The largest absolute Gasteiger partial charge is 0.330 e. The molecule has 1 aliphatic rings. The van der Waals surface area contributed by atoms with Gasteiger partial charge in [-0.25, -0.2) is 17.9 Å². The number of rotatable bonds is 5. The second-order valence-corrected chi connectivity index (χ2v) is 11.6. The van der Waals surface area contributed by atoms with Gasteiger partial charge in [-0.2, -0.15) is 5.10 Å². The minimum absolute atomic E-state index is 0.208. The van der Waals surface area contributed by atoms with Crippen LogP contribution in [0.1, 0.15) is 58.2 Å². The van der Waals surface area contributed by atoms with Crippen molar-refractivity contribution in [2.24, 2.45) is 0 Å². The number of benzene rings is 2. The Labute approximate surface area is 217 Å². The van der Waals surface area contributed by atoms with Crippen molar-refractivity contribution in [1.82, 2.24) is 19.5 Å². The first-order valence-electron chi connectivity index (χ1n) is 12.4. The van der Waals surface area contributed by atoms with E-state index >= 15 is 0 Å². The van der Waals surface area contributed by atoms with Crippen LogP contribution in [0.5, 0.6) is 0 Å². The van der Waals surface area contributed by atoms with E-state index in [2.05, 4.69) is 23.8 Å². The van der Waals surface area contributed by atoms with E-state index < -0.39 is 10.0 Å². The van der Waals surface area contributed by atoms with E-state index in [0.717, 1.165) is 64.9 Å². The summed E-state index contributed by atoms with van der Waals surface area (Å²) in [6, 6.07) is 17.0. The molecule has 8 nitrogen and oxygen atoms in total. The first kappa shape index (κ1) is 25.0. The number of aromatic nitrogens is 3. The Bertz CT molecular complexity index is 1600. The smallest absolute Gasteiger partial charge is 0.256 e. The fraction of sp³-hybridized carbons (Fsp3) is 0.321. The van der Waals surface area contributed by atoms with Crippen LogP contribution in [0.2, 0.25) is 0 Å². The molecule has 1 N–H and O–H groups in total. The molecule has 9 heteroatoms. The number of nitrogens with one attached hydrogen (secondary N) is 1. The van der Waals surface area contributed by atoms with Crippen LogP contribution in [0, 0.1) is 20.8 Å². The van der Waals surface area contributed by atoms with Crippen molar-refractivity contribution in [3.63, 3.8) is 0 Å². The van der Waals surface area contributed by atoms with Crippen molar-refractivity contribution in [2.75, 3.05) is 17.5 Å². The Morgan fingerprint density at radius 3 is 2.51 bits per heavy atom. The lowest BCUT2D eigenvalue weighted by Gasteiger charge is -2.35. The van der Waals surface area contributed by atoms with Gasteiger partial charge in [0.2, 0.25) is 10.0 Å². The lowest BCUT2D eigenvalue weighted by molar-refractivity contribution is 0.0606. The maximum atomic E-state index is 13.9. The van der Waals surface area contributed by atoms with E-state index in [1.165, 1.54) is 0 Å². The standard InChI is InChI=1S/C28H31N5O3S/c1-18-13-14-23(31-37(4,35)36)22(16-18)28(34)32-15-9-8-12-25(32)24-17-26-29-20(3)19(2)27(33(26)30-24)21-10-6-5-7-11-21/h5-7,10-11,13-14,16-17,25,31H,8-9,12,15H2,1-4H3/t25-/m0/s1. The van der Waals surface area contributed by atoms with Gasteiger partial charge < -0.3 is 4.90 Å². The Morgan fingerprint density at radius 1 is 1.03 bits per heavy atom. The van der Waals surface area contributed by atoms with Gasteiger partial charge in [-0.15, -0.1) is 0 Å². The number of amides is 1. The van der Waals surface area contributed by atoms with E-state index in [1.54, 1.807) is 18.2 Å². The molecule has 2 aromatic heterocycles. The summed E-state index contributed by atoms with van der Waals surface area (Å²) in [6.45, 7) is 6.51. The second-order valence-electron chi connectivity index (χ2n) is 9.81. The number of carbonyl (C=O) groups excluding carboxylic acids is 1. The van der Waals surface area contributed by atoms with Gasteiger partial charge in [0.15, 0.2) is 5.65 Å². The van der Waals surface area contributed by atoms with Crippen molar-refractivity contribution in [2.45, 2.75) is 46.1 Å². The molecular formula is C28H31N5O3S. The number of anilines is 1. The monoisotopic (exact) mass is 517 g/mol. The minimum Gasteiger partial charge on any atom is -0.330 e. The summed E-state index contributed by atoms with van der Waals surface area (Å²) < 4.78 is 28.3. The van der Waals surface area contributed by atoms with Crippen molar-refractivity contribution >= 4 is 27.3 Å². The zero-order chi connectivity index (χ0) is 26.3. The molecule has 37 heavy (non-hydrogen) atoms. The van der Waals surface area contributed by atoms with Crippen molar-refractivity contribution < 1.29 is 13.2 Å². The van der Waals surface area contributed by atoms with E-state index in [9.17, 15) is 13.2 Å². The molecule has 1 atom stereocenters. The van der Waals surface area contributed by atoms with Gasteiger partial charge in [-0.05, 0) is 57.7 Å².